The largest absolute Gasteiger partial charge is 0.496 e. The maximum Gasteiger partial charge on any atom is 0.128 e. The van der Waals surface area contributed by atoms with Crippen LogP contribution in [0.25, 0.3) is 21.7 Å². The van der Waals surface area contributed by atoms with E-state index in [1.807, 2.05) is 25.1 Å². The average Bonchev–Trinajstić information content (AvgIpc) is 2.78. The van der Waals surface area contributed by atoms with Gasteiger partial charge in [-0.15, -0.1) is 0 Å². The minimum atomic E-state index is 0.381. The molecule has 6 nitrogen and oxygen atoms in total. The standard InChI is InChI=1S/C11H11N5O/c1-7-3-4-10(17-2)8(5-7)9-6-11(14-13-9)15-16-12/h3-6H,1-2H3,(H,13,14). The van der Waals surface area contributed by atoms with Crippen LogP contribution in [0, 0.1) is 6.92 Å². The zero-order valence-electron chi connectivity index (χ0n) is 9.51. The van der Waals surface area contributed by atoms with Gasteiger partial charge in [0.2, 0.25) is 0 Å². The number of H-pyrrole nitrogens is 1. The highest BCUT2D eigenvalue weighted by molar-refractivity contribution is 5.69. The maximum absolute atomic E-state index is 8.33. The molecule has 2 aromatic rings. The minimum Gasteiger partial charge on any atom is -0.496 e. The number of methoxy groups -OCH3 is 1. The first kappa shape index (κ1) is 11.0. The van der Waals surface area contributed by atoms with E-state index >= 15 is 0 Å². The highest BCUT2D eigenvalue weighted by atomic mass is 16.5. The fraction of sp³-hybridized carbons (Fsp3) is 0.182. The first-order valence-electron chi connectivity index (χ1n) is 5.00. The van der Waals surface area contributed by atoms with Crippen LogP contribution in [-0.2, 0) is 0 Å². The number of rotatable bonds is 3. The van der Waals surface area contributed by atoms with E-state index in [9.17, 15) is 0 Å². The Morgan fingerprint density at radius 3 is 2.94 bits per heavy atom. The van der Waals surface area contributed by atoms with Gasteiger partial charge in [0, 0.05) is 10.5 Å². The number of aromatic nitrogens is 2. The van der Waals surface area contributed by atoms with E-state index in [0.29, 0.717) is 11.5 Å². The van der Waals surface area contributed by atoms with E-state index in [1.54, 1.807) is 13.2 Å². The lowest BCUT2D eigenvalue weighted by Gasteiger charge is -2.06. The molecule has 0 atom stereocenters. The van der Waals surface area contributed by atoms with Crippen molar-refractivity contribution in [2.75, 3.05) is 7.11 Å². The van der Waals surface area contributed by atoms with Crippen molar-refractivity contribution in [3.05, 3.63) is 40.3 Å². The Bertz CT molecular complexity index is 583. The van der Waals surface area contributed by atoms with Crippen molar-refractivity contribution in [1.29, 1.82) is 0 Å². The van der Waals surface area contributed by atoms with Crippen molar-refractivity contribution in [1.82, 2.24) is 10.2 Å². The lowest BCUT2D eigenvalue weighted by molar-refractivity contribution is 0.416. The van der Waals surface area contributed by atoms with E-state index in [2.05, 4.69) is 20.2 Å². The smallest absolute Gasteiger partial charge is 0.128 e. The monoisotopic (exact) mass is 229 g/mol. The molecular weight excluding hydrogens is 218 g/mol. The molecule has 1 N–H and O–H groups in total. The fourth-order valence-electron chi connectivity index (χ4n) is 1.57. The predicted molar refractivity (Wildman–Crippen MR) is 64.1 cm³/mol. The highest BCUT2D eigenvalue weighted by Gasteiger charge is 2.09. The molecule has 0 radical (unpaired) electrons. The summed E-state index contributed by atoms with van der Waals surface area (Å²) in [5.41, 5.74) is 11.0. The molecule has 1 heterocycles. The van der Waals surface area contributed by atoms with E-state index in [1.165, 1.54) is 0 Å². The number of hydrogen-bond acceptors (Lipinski definition) is 3. The third-order valence-electron chi connectivity index (χ3n) is 2.35. The number of azide groups is 1. The third-order valence-corrected chi connectivity index (χ3v) is 2.35. The first-order valence-corrected chi connectivity index (χ1v) is 5.00. The van der Waals surface area contributed by atoms with Gasteiger partial charge < -0.3 is 4.74 Å². The normalized spacial score (nSPS) is 9.76. The summed E-state index contributed by atoms with van der Waals surface area (Å²) in [4.78, 5) is 2.70. The molecule has 0 amide bonds. The molecule has 0 bridgehead atoms. The second-order valence-electron chi connectivity index (χ2n) is 3.53. The molecule has 6 heteroatoms. The quantitative estimate of drug-likeness (QED) is 0.497. The van der Waals surface area contributed by atoms with Gasteiger partial charge >= 0.3 is 0 Å². The fourth-order valence-corrected chi connectivity index (χ4v) is 1.57. The number of aromatic amines is 1. The summed E-state index contributed by atoms with van der Waals surface area (Å²) in [6, 6.07) is 7.49. The van der Waals surface area contributed by atoms with Crippen LogP contribution >= 0.6 is 0 Å². The van der Waals surface area contributed by atoms with Gasteiger partial charge in [-0.25, -0.2) is 0 Å². The molecule has 0 saturated heterocycles. The number of ether oxygens (including phenoxy) is 1. The molecule has 1 aromatic carbocycles. The Labute approximate surface area is 97.9 Å². The molecule has 0 spiro atoms. The second kappa shape index (κ2) is 4.59. The van der Waals surface area contributed by atoms with Gasteiger partial charge in [-0.05, 0) is 35.8 Å². The van der Waals surface area contributed by atoms with Crippen LogP contribution in [0.5, 0.6) is 5.75 Å². The molecule has 1 aromatic heterocycles. The van der Waals surface area contributed by atoms with Crippen LogP contribution in [0.4, 0.5) is 5.82 Å². The Morgan fingerprint density at radius 1 is 1.41 bits per heavy atom. The molecule has 0 aliphatic carbocycles. The van der Waals surface area contributed by atoms with E-state index in [4.69, 9.17) is 10.3 Å². The molecule has 0 fully saturated rings. The van der Waals surface area contributed by atoms with Gasteiger partial charge in [-0.1, -0.05) is 11.6 Å². The number of nitrogens with zero attached hydrogens (tertiary/aromatic N) is 4. The maximum atomic E-state index is 8.33. The summed E-state index contributed by atoms with van der Waals surface area (Å²) in [6.07, 6.45) is 0. The van der Waals surface area contributed by atoms with Crippen LogP contribution in [0.3, 0.4) is 0 Å². The highest BCUT2D eigenvalue weighted by Crippen LogP contribution is 2.31. The number of aryl methyl sites for hydroxylation is 1. The summed E-state index contributed by atoms with van der Waals surface area (Å²) >= 11 is 0. The van der Waals surface area contributed by atoms with Crippen LogP contribution in [-0.4, -0.2) is 17.3 Å². The molecule has 86 valence electrons. The van der Waals surface area contributed by atoms with Gasteiger partial charge in [-0.3, -0.25) is 5.10 Å². The topological polar surface area (TPSA) is 86.7 Å². The summed E-state index contributed by atoms with van der Waals surface area (Å²) in [6.45, 7) is 1.99. The van der Waals surface area contributed by atoms with Crippen molar-refractivity contribution in [2.24, 2.45) is 5.11 Å². The van der Waals surface area contributed by atoms with Gasteiger partial charge in [0.15, 0.2) is 0 Å². The van der Waals surface area contributed by atoms with Crippen molar-refractivity contribution in [3.8, 4) is 17.0 Å². The van der Waals surface area contributed by atoms with Crippen LogP contribution < -0.4 is 4.74 Å². The Balaban J connectivity index is 2.50. The van der Waals surface area contributed by atoms with Crippen LogP contribution in [0.1, 0.15) is 5.56 Å². The summed E-state index contributed by atoms with van der Waals surface area (Å²) < 4.78 is 5.27. The van der Waals surface area contributed by atoms with Crippen molar-refractivity contribution in [2.45, 2.75) is 6.92 Å². The van der Waals surface area contributed by atoms with Gasteiger partial charge in [-0.2, -0.15) is 5.10 Å². The van der Waals surface area contributed by atoms with Gasteiger partial charge in [0.1, 0.15) is 11.6 Å². The van der Waals surface area contributed by atoms with Crippen molar-refractivity contribution < 1.29 is 4.74 Å². The summed E-state index contributed by atoms with van der Waals surface area (Å²) in [5.74, 6) is 1.11. The molecular formula is C11H11N5O. The summed E-state index contributed by atoms with van der Waals surface area (Å²) in [5, 5.41) is 10.2. The lowest BCUT2D eigenvalue weighted by Crippen LogP contribution is -1.88. The number of nitrogens with one attached hydrogen (secondary N) is 1. The zero-order chi connectivity index (χ0) is 12.3. The SMILES string of the molecule is COc1ccc(C)cc1-c1cc(N=[N+]=[N-])[nH]n1. The van der Waals surface area contributed by atoms with E-state index in [0.717, 1.165) is 16.9 Å². The molecule has 0 aliphatic heterocycles. The van der Waals surface area contributed by atoms with Crippen LogP contribution in [0.15, 0.2) is 29.4 Å². The first-order chi connectivity index (χ1) is 8.24. The van der Waals surface area contributed by atoms with Gasteiger partial charge in [0.05, 0.1) is 12.8 Å². The molecule has 0 unspecified atom stereocenters. The van der Waals surface area contributed by atoms with Gasteiger partial charge in [0.25, 0.3) is 0 Å². The van der Waals surface area contributed by atoms with Crippen molar-refractivity contribution >= 4 is 5.82 Å². The molecule has 2 rings (SSSR count). The molecule has 0 aliphatic rings. The predicted octanol–water partition coefficient (Wildman–Crippen LogP) is 3.34. The Kier molecular flexibility index (Phi) is 2.98. The minimum absolute atomic E-state index is 0.381. The van der Waals surface area contributed by atoms with E-state index < -0.39 is 0 Å². The molecule has 0 saturated carbocycles. The number of benzene rings is 1. The van der Waals surface area contributed by atoms with Crippen molar-refractivity contribution in [3.63, 3.8) is 0 Å². The average molecular weight is 229 g/mol. The van der Waals surface area contributed by atoms with Crippen LogP contribution in [0.2, 0.25) is 0 Å². The van der Waals surface area contributed by atoms with E-state index in [-0.39, 0.29) is 0 Å². The third kappa shape index (κ3) is 2.21. The zero-order valence-corrected chi connectivity index (χ0v) is 9.51. The lowest BCUT2D eigenvalue weighted by atomic mass is 10.1. The second-order valence-corrected chi connectivity index (χ2v) is 3.53. The summed E-state index contributed by atoms with van der Waals surface area (Å²) in [7, 11) is 1.61. The number of hydrogen-bond donors (Lipinski definition) is 1. The Morgan fingerprint density at radius 2 is 2.24 bits per heavy atom. The Hall–Kier alpha value is -2.46. The molecule has 17 heavy (non-hydrogen) atoms.